The van der Waals surface area contributed by atoms with Crippen LogP contribution >= 0.6 is 0 Å². The molecular formula is C21H33N3O. The Kier molecular flexibility index (Phi) is 4.91. The second kappa shape index (κ2) is 6.57. The monoisotopic (exact) mass is 343 g/mol. The molecule has 0 aromatic rings. The normalized spacial score (nSPS) is 34.1. The van der Waals surface area contributed by atoms with Crippen molar-refractivity contribution in [1.29, 1.82) is 10.5 Å². The minimum Gasteiger partial charge on any atom is -0.276 e. The Morgan fingerprint density at radius 1 is 0.720 bits per heavy atom. The molecule has 4 nitrogen and oxygen atoms in total. The highest BCUT2D eigenvalue weighted by Gasteiger charge is 2.61. The lowest BCUT2D eigenvalue weighted by molar-refractivity contribution is -0.316. The maximum Gasteiger partial charge on any atom is 0.175 e. The molecule has 4 heteroatoms. The predicted octanol–water partition coefficient (Wildman–Crippen LogP) is 5.25. The molecule has 0 amide bonds. The van der Waals surface area contributed by atoms with Crippen LogP contribution < -0.4 is 0 Å². The molecule has 2 aliphatic carbocycles. The summed E-state index contributed by atoms with van der Waals surface area (Å²) in [5.41, 5.74) is -1.51. The fourth-order valence-electron chi connectivity index (χ4n) is 5.53. The Morgan fingerprint density at radius 2 is 1.28 bits per heavy atom. The van der Waals surface area contributed by atoms with E-state index in [1.165, 1.54) is 12.8 Å². The lowest BCUT2D eigenvalue weighted by atomic mass is 9.62. The van der Waals surface area contributed by atoms with Crippen molar-refractivity contribution < 1.29 is 4.84 Å². The van der Waals surface area contributed by atoms with Crippen LogP contribution in [0.5, 0.6) is 0 Å². The van der Waals surface area contributed by atoms with Crippen molar-refractivity contribution >= 4 is 0 Å². The number of hydroxylamine groups is 2. The number of nitriles is 2. The fourth-order valence-corrected chi connectivity index (χ4v) is 5.53. The minimum atomic E-state index is -0.702. The third kappa shape index (κ3) is 2.98. The van der Waals surface area contributed by atoms with Gasteiger partial charge in [0.1, 0.15) is 0 Å². The summed E-state index contributed by atoms with van der Waals surface area (Å²) in [6.07, 6.45) is 12.3. The van der Waals surface area contributed by atoms with E-state index in [2.05, 4.69) is 38.0 Å². The van der Waals surface area contributed by atoms with E-state index in [1.54, 1.807) is 0 Å². The van der Waals surface area contributed by atoms with E-state index in [0.29, 0.717) is 0 Å². The molecule has 1 unspecified atom stereocenters. The molecule has 3 aliphatic rings. The van der Waals surface area contributed by atoms with E-state index in [-0.39, 0.29) is 16.5 Å². The van der Waals surface area contributed by atoms with Crippen LogP contribution in [0.1, 0.15) is 97.8 Å². The first kappa shape index (κ1) is 18.7. The Hall–Kier alpha value is -1.10. The molecule has 1 heterocycles. The SMILES string of the molecule is CC1(C)CCC(C)(C2(C#N)CCCCC2)N1OC1(C#N)CCCCC1. The highest BCUT2D eigenvalue weighted by molar-refractivity contribution is 5.19. The van der Waals surface area contributed by atoms with E-state index < -0.39 is 5.60 Å². The zero-order valence-corrected chi connectivity index (χ0v) is 16.2. The highest BCUT2D eigenvalue weighted by Crippen LogP contribution is 2.56. The topological polar surface area (TPSA) is 60.1 Å². The summed E-state index contributed by atoms with van der Waals surface area (Å²) in [6.45, 7) is 6.64. The molecule has 0 spiro atoms. The largest absolute Gasteiger partial charge is 0.276 e. The van der Waals surface area contributed by atoms with E-state index >= 15 is 0 Å². The Morgan fingerprint density at radius 3 is 1.80 bits per heavy atom. The third-order valence-electron chi connectivity index (χ3n) is 7.30. The van der Waals surface area contributed by atoms with E-state index in [9.17, 15) is 10.5 Å². The van der Waals surface area contributed by atoms with Gasteiger partial charge in [-0.1, -0.05) is 25.7 Å². The zero-order valence-electron chi connectivity index (χ0n) is 16.2. The average Bonchev–Trinajstić information content (AvgIpc) is 2.88. The molecule has 1 saturated heterocycles. The van der Waals surface area contributed by atoms with Gasteiger partial charge in [-0.3, -0.25) is 4.84 Å². The first-order valence-electron chi connectivity index (χ1n) is 10.2. The van der Waals surface area contributed by atoms with Gasteiger partial charge in [-0.05, 0) is 72.1 Å². The molecule has 0 aromatic heterocycles. The van der Waals surface area contributed by atoms with Crippen LogP contribution in [0.4, 0.5) is 0 Å². The summed E-state index contributed by atoms with van der Waals surface area (Å²) in [7, 11) is 0. The summed E-state index contributed by atoms with van der Waals surface area (Å²) in [5, 5.41) is 22.2. The maximum absolute atomic E-state index is 10.2. The predicted molar refractivity (Wildman–Crippen MR) is 97.2 cm³/mol. The average molecular weight is 344 g/mol. The molecule has 1 atom stereocenters. The van der Waals surface area contributed by atoms with Crippen LogP contribution in [0.2, 0.25) is 0 Å². The molecule has 3 rings (SSSR count). The standard InChI is InChI=1S/C21H33N3O/c1-18(2)14-15-19(3,20(16-22)10-6-4-7-11-20)24(18)25-21(17-23)12-8-5-9-13-21/h4-15H2,1-3H3. The number of hydrogen-bond acceptors (Lipinski definition) is 4. The van der Waals surface area contributed by atoms with Crippen LogP contribution in [0.3, 0.4) is 0 Å². The second-order valence-corrected chi connectivity index (χ2v) is 9.39. The van der Waals surface area contributed by atoms with Crippen LogP contribution in [-0.4, -0.2) is 21.7 Å². The summed E-state index contributed by atoms with van der Waals surface area (Å²) >= 11 is 0. The van der Waals surface area contributed by atoms with Gasteiger partial charge in [0.05, 0.1) is 23.1 Å². The van der Waals surface area contributed by atoms with Crippen molar-refractivity contribution in [3.8, 4) is 12.1 Å². The molecular weight excluding hydrogens is 310 g/mol. The number of nitrogens with zero attached hydrogens (tertiary/aromatic N) is 3. The van der Waals surface area contributed by atoms with Crippen molar-refractivity contribution in [3.05, 3.63) is 0 Å². The minimum absolute atomic E-state index is 0.142. The van der Waals surface area contributed by atoms with Gasteiger partial charge in [0.15, 0.2) is 5.60 Å². The zero-order chi connectivity index (χ0) is 18.2. The lowest BCUT2D eigenvalue weighted by Crippen LogP contribution is -2.61. The molecule has 0 aromatic carbocycles. The van der Waals surface area contributed by atoms with Gasteiger partial charge in [-0.2, -0.15) is 15.6 Å². The van der Waals surface area contributed by atoms with Crippen molar-refractivity contribution in [3.63, 3.8) is 0 Å². The van der Waals surface area contributed by atoms with Crippen molar-refractivity contribution in [1.82, 2.24) is 5.06 Å². The number of hydrogen-bond donors (Lipinski definition) is 0. The second-order valence-electron chi connectivity index (χ2n) is 9.39. The van der Waals surface area contributed by atoms with Gasteiger partial charge in [0, 0.05) is 5.54 Å². The highest BCUT2D eigenvalue weighted by atomic mass is 16.7. The fraction of sp³-hybridized carbons (Fsp3) is 0.905. The molecule has 1 aliphatic heterocycles. The van der Waals surface area contributed by atoms with Crippen molar-refractivity contribution in [2.45, 2.75) is 114 Å². The lowest BCUT2D eigenvalue weighted by Gasteiger charge is -2.53. The summed E-state index contributed by atoms with van der Waals surface area (Å²) in [5.74, 6) is 0. The van der Waals surface area contributed by atoms with Crippen LogP contribution in [0.15, 0.2) is 0 Å². The Balaban J connectivity index is 1.96. The summed E-state index contributed by atoms with van der Waals surface area (Å²) < 4.78 is 0. The van der Waals surface area contributed by atoms with Crippen molar-refractivity contribution in [2.75, 3.05) is 0 Å². The molecule has 2 saturated carbocycles. The summed E-state index contributed by atoms with van der Waals surface area (Å²) in [4.78, 5) is 6.62. The van der Waals surface area contributed by atoms with Crippen LogP contribution in [0.25, 0.3) is 0 Å². The molecule has 0 radical (unpaired) electrons. The number of rotatable bonds is 3. The van der Waals surface area contributed by atoms with Crippen LogP contribution in [0, 0.1) is 28.1 Å². The Labute approximate surface area is 153 Å². The van der Waals surface area contributed by atoms with Gasteiger partial charge < -0.3 is 0 Å². The first-order valence-corrected chi connectivity index (χ1v) is 10.2. The van der Waals surface area contributed by atoms with Gasteiger partial charge in [-0.15, -0.1) is 0 Å². The molecule has 3 fully saturated rings. The van der Waals surface area contributed by atoms with E-state index in [4.69, 9.17) is 4.84 Å². The van der Waals surface area contributed by atoms with Crippen LogP contribution in [-0.2, 0) is 4.84 Å². The Bertz CT molecular complexity index is 573. The van der Waals surface area contributed by atoms with Gasteiger partial charge in [0.25, 0.3) is 0 Å². The quantitative estimate of drug-likeness (QED) is 0.702. The van der Waals surface area contributed by atoms with Gasteiger partial charge >= 0.3 is 0 Å². The smallest absolute Gasteiger partial charge is 0.175 e. The maximum atomic E-state index is 10.2. The van der Waals surface area contributed by atoms with Crippen molar-refractivity contribution in [2.24, 2.45) is 5.41 Å². The molecule has 0 N–H and O–H groups in total. The first-order chi connectivity index (χ1) is 11.8. The summed E-state index contributed by atoms with van der Waals surface area (Å²) in [6, 6.07) is 5.24. The third-order valence-corrected chi connectivity index (χ3v) is 7.30. The molecule has 0 bridgehead atoms. The molecule has 138 valence electrons. The van der Waals surface area contributed by atoms with E-state index in [1.807, 2.05) is 0 Å². The van der Waals surface area contributed by atoms with Gasteiger partial charge in [0.2, 0.25) is 0 Å². The molecule has 25 heavy (non-hydrogen) atoms. The van der Waals surface area contributed by atoms with Gasteiger partial charge in [-0.25, -0.2) is 0 Å². The van der Waals surface area contributed by atoms with E-state index in [0.717, 1.165) is 64.2 Å².